The molecule has 1 aliphatic heterocycles. The molecule has 0 bridgehead atoms. The number of hydrogen-bond acceptors (Lipinski definition) is 4. The average molecular weight is 270 g/mol. The van der Waals surface area contributed by atoms with Crippen LogP contribution in [0.1, 0.15) is 30.0 Å². The number of likely N-dealkylation sites (tertiary alicyclic amines) is 1. The van der Waals surface area contributed by atoms with Crippen molar-refractivity contribution in [2.45, 2.75) is 31.9 Å². The Kier molecular flexibility index (Phi) is 4.86. The zero-order chi connectivity index (χ0) is 12.1. The van der Waals surface area contributed by atoms with Gasteiger partial charge in [-0.25, -0.2) is 4.98 Å². The van der Waals surface area contributed by atoms with Crippen LogP contribution in [0.2, 0.25) is 0 Å². The molecule has 1 fully saturated rings. The Morgan fingerprint density at radius 1 is 1.53 bits per heavy atom. The van der Waals surface area contributed by atoms with Crippen LogP contribution >= 0.6 is 23.1 Å². The van der Waals surface area contributed by atoms with Gasteiger partial charge >= 0.3 is 0 Å². The van der Waals surface area contributed by atoms with Gasteiger partial charge in [0.15, 0.2) is 0 Å². The molecule has 1 saturated heterocycles. The lowest BCUT2D eigenvalue weighted by molar-refractivity contribution is -0.129. The third kappa shape index (κ3) is 4.00. The van der Waals surface area contributed by atoms with E-state index in [2.05, 4.69) is 10.4 Å². The van der Waals surface area contributed by atoms with E-state index in [9.17, 15) is 4.79 Å². The van der Waals surface area contributed by atoms with Gasteiger partial charge in [0.2, 0.25) is 5.91 Å². The first-order valence-electron chi connectivity index (χ1n) is 6.02. The summed E-state index contributed by atoms with van der Waals surface area (Å²) in [5.41, 5.74) is 1.14. The zero-order valence-corrected chi connectivity index (χ0v) is 11.8. The first kappa shape index (κ1) is 12.9. The summed E-state index contributed by atoms with van der Waals surface area (Å²) >= 11 is 3.49. The number of aromatic nitrogens is 1. The Labute approximate surface area is 111 Å². The van der Waals surface area contributed by atoms with Crippen molar-refractivity contribution in [1.29, 1.82) is 0 Å². The van der Waals surface area contributed by atoms with Crippen molar-refractivity contribution in [1.82, 2.24) is 9.88 Å². The molecule has 0 N–H and O–H groups in total. The smallest absolute Gasteiger partial charge is 0.223 e. The molecule has 1 aromatic rings. The van der Waals surface area contributed by atoms with E-state index < -0.39 is 0 Å². The molecule has 3 nitrogen and oxygen atoms in total. The van der Waals surface area contributed by atoms with Gasteiger partial charge in [-0.05, 0) is 19.8 Å². The van der Waals surface area contributed by atoms with Gasteiger partial charge in [-0.3, -0.25) is 4.79 Å². The summed E-state index contributed by atoms with van der Waals surface area (Å²) in [5.74, 6) is 2.16. The van der Waals surface area contributed by atoms with Crippen molar-refractivity contribution in [3.05, 3.63) is 16.1 Å². The van der Waals surface area contributed by atoms with Crippen molar-refractivity contribution < 1.29 is 4.79 Å². The van der Waals surface area contributed by atoms with Crippen LogP contribution in [-0.4, -0.2) is 34.6 Å². The minimum atomic E-state index is 0.324. The predicted molar refractivity (Wildman–Crippen MR) is 73.4 cm³/mol. The maximum atomic E-state index is 11.8. The van der Waals surface area contributed by atoms with Crippen LogP contribution < -0.4 is 0 Å². The molecule has 94 valence electrons. The molecule has 0 spiro atoms. The number of thioether (sulfide) groups is 1. The number of carbonyl (C=O) groups excluding carboxylic acids is 1. The lowest BCUT2D eigenvalue weighted by Gasteiger charge is -2.14. The van der Waals surface area contributed by atoms with E-state index in [4.69, 9.17) is 0 Å². The van der Waals surface area contributed by atoms with E-state index in [1.807, 2.05) is 11.8 Å². The first-order valence-corrected chi connectivity index (χ1v) is 8.05. The van der Waals surface area contributed by atoms with Gasteiger partial charge in [0.25, 0.3) is 0 Å². The lowest BCUT2D eigenvalue weighted by Crippen LogP contribution is -2.27. The van der Waals surface area contributed by atoms with E-state index >= 15 is 0 Å². The molecule has 0 unspecified atom stereocenters. The van der Waals surface area contributed by atoms with Gasteiger partial charge in [0, 0.05) is 36.4 Å². The Hall–Kier alpha value is -0.550. The van der Waals surface area contributed by atoms with Crippen molar-refractivity contribution in [3.63, 3.8) is 0 Å². The molecule has 1 amide bonds. The summed E-state index contributed by atoms with van der Waals surface area (Å²) in [5, 5.41) is 3.22. The standard InChI is InChI=1S/C12H18N2OS2/c1-10-13-11(9-17-10)8-16-7-4-12(15)14-5-2-3-6-14/h9H,2-8H2,1H3. The van der Waals surface area contributed by atoms with Crippen molar-refractivity contribution in [3.8, 4) is 0 Å². The van der Waals surface area contributed by atoms with E-state index in [1.54, 1.807) is 23.1 Å². The Balaban J connectivity index is 1.61. The van der Waals surface area contributed by atoms with Crippen LogP contribution in [0.15, 0.2) is 5.38 Å². The maximum absolute atomic E-state index is 11.8. The van der Waals surface area contributed by atoms with Gasteiger partial charge in [-0.15, -0.1) is 11.3 Å². The van der Waals surface area contributed by atoms with Gasteiger partial charge < -0.3 is 4.90 Å². The number of aryl methyl sites for hydroxylation is 1. The Morgan fingerprint density at radius 2 is 2.29 bits per heavy atom. The highest BCUT2D eigenvalue weighted by molar-refractivity contribution is 7.98. The third-order valence-electron chi connectivity index (χ3n) is 2.84. The van der Waals surface area contributed by atoms with Crippen molar-refractivity contribution in [2.75, 3.05) is 18.8 Å². The topological polar surface area (TPSA) is 33.2 Å². The van der Waals surface area contributed by atoms with E-state index in [0.717, 1.165) is 35.3 Å². The second kappa shape index (κ2) is 6.40. The molecular weight excluding hydrogens is 252 g/mol. The number of thiazole rings is 1. The molecule has 0 atom stereocenters. The Morgan fingerprint density at radius 3 is 2.94 bits per heavy atom. The normalized spacial score (nSPS) is 15.5. The second-order valence-corrected chi connectivity index (χ2v) is 6.42. The second-order valence-electron chi connectivity index (χ2n) is 4.25. The molecule has 17 heavy (non-hydrogen) atoms. The van der Waals surface area contributed by atoms with Crippen LogP contribution in [0.4, 0.5) is 0 Å². The highest BCUT2D eigenvalue weighted by atomic mass is 32.2. The maximum Gasteiger partial charge on any atom is 0.223 e. The highest BCUT2D eigenvalue weighted by Gasteiger charge is 2.16. The molecule has 1 aliphatic rings. The Bertz CT molecular complexity index is 372. The van der Waals surface area contributed by atoms with Gasteiger partial charge in [0.05, 0.1) is 10.7 Å². The van der Waals surface area contributed by atoms with Crippen LogP contribution in [-0.2, 0) is 10.5 Å². The van der Waals surface area contributed by atoms with E-state index in [0.29, 0.717) is 12.3 Å². The number of rotatable bonds is 5. The molecular formula is C12H18N2OS2. The van der Waals surface area contributed by atoms with Crippen molar-refractivity contribution >= 4 is 29.0 Å². The molecule has 0 aromatic carbocycles. The van der Waals surface area contributed by atoms with Crippen LogP contribution in [0, 0.1) is 6.92 Å². The first-order chi connectivity index (χ1) is 8.25. The summed E-state index contributed by atoms with van der Waals surface area (Å²) in [6, 6.07) is 0. The summed E-state index contributed by atoms with van der Waals surface area (Å²) in [6.07, 6.45) is 3.03. The van der Waals surface area contributed by atoms with Gasteiger partial charge in [0.1, 0.15) is 0 Å². The SMILES string of the molecule is Cc1nc(CSCCC(=O)N2CCCC2)cs1. The van der Waals surface area contributed by atoms with Crippen LogP contribution in [0.3, 0.4) is 0 Å². The fourth-order valence-electron chi connectivity index (χ4n) is 1.94. The zero-order valence-electron chi connectivity index (χ0n) is 10.1. The predicted octanol–water partition coefficient (Wildman–Crippen LogP) is 2.70. The monoisotopic (exact) mass is 270 g/mol. The average Bonchev–Trinajstić information content (AvgIpc) is 2.95. The highest BCUT2D eigenvalue weighted by Crippen LogP contribution is 2.17. The summed E-state index contributed by atoms with van der Waals surface area (Å²) in [6.45, 7) is 3.96. The minimum absolute atomic E-state index is 0.324. The minimum Gasteiger partial charge on any atom is -0.343 e. The van der Waals surface area contributed by atoms with Crippen LogP contribution in [0.5, 0.6) is 0 Å². The largest absolute Gasteiger partial charge is 0.343 e. The molecule has 2 heterocycles. The molecule has 0 radical (unpaired) electrons. The quantitative estimate of drug-likeness (QED) is 0.771. The van der Waals surface area contributed by atoms with Gasteiger partial charge in [-0.1, -0.05) is 0 Å². The molecule has 0 aliphatic carbocycles. The van der Waals surface area contributed by atoms with E-state index in [1.165, 1.54) is 12.8 Å². The number of hydrogen-bond donors (Lipinski definition) is 0. The summed E-state index contributed by atoms with van der Waals surface area (Å²) in [4.78, 5) is 18.2. The summed E-state index contributed by atoms with van der Waals surface area (Å²) < 4.78 is 0. The fraction of sp³-hybridized carbons (Fsp3) is 0.667. The van der Waals surface area contributed by atoms with Gasteiger partial charge in [-0.2, -0.15) is 11.8 Å². The molecule has 5 heteroatoms. The number of nitrogens with zero attached hydrogens (tertiary/aromatic N) is 2. The lowest BCUT2D eigenvalue weighted by atomic mass is 10.4. The molecule has 2 rings (SSSR count). The fourth-order valence-corrected chi connectivity index (χ4v) is 3.47. The molecule has 0 saturated carbocycles. The number of amides is 1. The van der Waals surface area contributed by atoms with E-state index in [-0.39, 0.29) is 0 Å². The number of carbonyl (C=O) groups is 1. The third-order valence-corrected chi connectivity index (χ3v) is 4.65. The van der Waals surface area contributed by atoms with Crippen LogP contribution in [0.25, 0.3) is 0 Å². The van der Waals surface area contributed by atoms with Crippen molar-refractivity contribution in [2.24, 2.45) is 0 Å². The summed E-state index contributed by atoms with van der Waals surface area (Å²) in [7, 11) is 0. The molecule has 1 aromatic heterocycles.